The molecular formula is C40H34N3O+. The maximum Gasteiger partial charge on any atom is 0.155 e. The number of rotatable bonds is 3. The third-order valence-electron chi connectivity index (χ3n) is 10.6. The summed E-state index contributed by atoms with van der Waals surface area (Å²) in [5, 5.41) is 10.9. The van der Waals surface area contributed by atoms with E-state index >= 15 is 0 Å². The zero-order chi connectivity index (χ0) is 29.6. The quantitative estimate of drug-likeness (QED) is 0.230. The number of fused-ring (bicyclic) bond motifs is 7. The maximum absolute atomic E-state index is 9.69. The Morgan fingerprint density at radius 3 is 2.64 bits per heavy atom. The van der Waals surface area contributed by atoms with Crippen LogP contribution in [-0.4, -0.2) is 17.7 Å². The summed E-state index contributed by atoms with van der Waals surface area (Å²) in [4.78, 5) is 0. The molecule has 4 heteroatoms. The molecule has 2 aliphatic heterocycles. The molecule has 4 nitrogen and oxygen atoms in total. The van der Waals surface area contributed by atoms with Crippen LogP contribution in [0.5, 0.6) is 5.75 Å². The molecule has 0 saturated carbocycles. The van der Waals surface area contributed by atoms with Gasteiger partial charge in [0, 0.05) is 57.6 Å². The molecule has 0 bridgehead atoms. The molecule has 0 amide bonds. The fraction of sp³-hybridized carbons (Fsp3) is 0.225. The number of hydrogen-bond acceptors (Lipinski definition) is 2. The molecule has 214 valence electrons. The summed E-state index contributed by atoms with van der Waals surface area (Å²) in [5.74, 6) is 2.81. The first kappa shape index (κ1) is 25.6. The number of para-hydroxylation sites is 2. The van der Waals surface area contributed by atoms with Crippen LogP contribution in [0.3, 0.4) is 0 Å². The van der Waals surface area contributed by atoms with Gasteiger partial charge in [0.05, 0.1) is 30.1 Å². The fourth-order valence-corrected chi connectivity index (χ4v) is 8.42. The highest BCUT2D eigenvalue weighted by Crippen LogP contribution is 2.53. The molecule has 4 unspecified atom stereocenters. The van der Waals surface area contributed by atoms with E-state index in [1.54, 1.807) is 0 Å². The van der Waals surface area contributed by atoms with Crippen molar-refractivity contribution in [1.29, 1.82) is 5.26 Å². The Morgan fingerprint density at radius 1 is 0.955 bits per heavy atom. The molecule has 5 aliphatic rings. The molecule has 1 saturated heterocycles. The summed E-state index contributed by atoms with van der Waals surface area (Å²) in [5.41, 5.74) is 12.6. The summed E-state index contributed by atoms with van der Waals surface area (Å²) >= 11 is 0. The number of aromatic nitrogens is 1. The molecule has 9 rings (SSSR count). The van der Waals surface area contributed by atoms with E-state index in [1.165, 1.54) is 55.9 Å². The SMILES string of the molecule is CC1C=C2C(=CC1)C(C1=CCCC(C#N)=C1)[N+]2(C)c1ccc(-n2c3c(c4ccccc42)C=C2Oc4ccccc4C2C3)cc1. The molecule has 44 heavy (non-hydrogen) atoms. The Labute approximate surface area is 258 Å². The number of nitrogens with zero attached hydrogens (tertiary/aromatic N) is 3. The van der Waals surface area contributed by atoms with Crippen LogP contribution in [-0.2, 0) is 6.42 Å². The zero-order valence-electron chi connectivity index (χ0n) is 25.1. The van der Waals surface area contributed by atoms with Crippen LogP contribution in [0.15, 0.2) is 125 Å². The monoisotopic (exact) mass is 572 g/mol. The largest absolute Gasteiger partial charge is 0.461 e. The van der Waals surface area contributed by atoms with Crippen LogP contribution in [0.2, 0.25) is 0 Å². The Morgan fingerprint density at radius 2 is 1.77 bits per heavy atom. The summed E-state index contributed by atoms with van der Waals surface area (Å²) in [6, 6.07) is 29.1. The molecule has 4 atom stereocenters. The predicted molar refractivity (Wildman–Crippen MR) is 177 cm³/mol. The summed E-state index contributed by atoms with van der Waals surface area (Å²) in [6.07, 6.45) is 15.5. The highest BCUT2D eigenvalue weighted by molar-refractivity contribution is 5.94. The van der Waals surface area contributed by atoms with Gasteiger partial charge in [-0.3, -0.25) is 4.48 Å². The molecule has 0 spiro atoms. The van der Waals surface area contributed by atoms with Gasteiger partial charge in [0.1, 0.15) is 22.9 Å². The second-order valence-electron chi connectivity index (χ2n) is 13.1. The van der Waals surface area contributed by atoms with E-state index in [9.17, 15) is 5.26 Å². The molecule has 3 heterocycles. The van der Waals surface area contributed by atoms with Crippen LogP contribution in [0.1, 0.15) is 48.9 Å². The molecule has 1 fully saturated rings. The highest BCUT2D eigenvalue weighted by atomic mass is 16.5. The molecule has 3 aromatic carbocycles. The Balaban J connectivity index is 1.15. The van der Waals surface area contributed by atoms with Gasteiger partial charge in [-0.1, -0.05) is 55.5 Å². The average Bonchev–Trinajstić information content (AvgIpc) is 3.59. The molecule has 0 radical (unpaired) electrons. The fourth-order valence-electron chi connectivity index (χ4n) is 8.42. The van der Waals surface area contributed by atoms with E-state index in [1.807, 2.05) is 0 Å². The molecule has 3 aliphatic carbocycles. The van der Waals surface area contributed by atoms with Gasteiger partial charge >= 0.3 is 0 Å². The Bertz CT molecular complexity index is 2090. The summed E-state index contributed by atoms with van der Waals surface area (Å²) in [6.45, 7) is 2.31. The second kappa shape index (κ2) is 9.32. The van der Waals surface area contributed by atoms with Crippen molar-refractivity contribution in [2.75, 3.05) is 7.05 Å². The van der Waals surface area contributed by atoms with Crippen molar-refractivity contribution in [3.8, 4) is 17.5 Å². The number of hydrogen-bond donors (Lipinski definition) is 0. The van der Waals surface area contributed by atoms with Gasteiger partial charge in [-0.15, -0.1) is 0 Å². The lowest BCUT2D eigenvalue weighted by molar-refractivity contribution is 0.295. The van der Waals surface area contributed by atoms with Crippen molar-refractivity contribution in [2.24, 2.45) is 5.92 Å². The molecule has 0 N–H and O–H groups in total. The van der Waals surface area contributed by atoms with Gasteiger partial charge in [0.15, 0.2) is 6.04 Å². The Hall–Kier alpha value is -4.85. The van der Waals surface area contributed by atoms with Crippen molar-refractivity contribution in [1.82, 2.24) is 9.05 Å². The first-order valence-corrected chi connectivity index (χ1v) is 15.9. The molecular weight excluding hydrogens is 538 g/mol. The van der Waals surface area contributed by atoms with Crippen LogP contribution in [0, 0.1) is 17.2 Å². The lowest BCUT2D eigenvalue weighted by Crippen LogP contribution is -2.65. The van der Waals surface area contributed by atoms with Crippen molar-refractivity contribution >= 4 is 22.7 Å². The van der Waals surface area contributed by atoms with Crippen LogP contribution in [0.25, 0.3) is 22.7 Å². The first-order valence-electron chi connectivity index (χ1n) is 15.9. The second-order valence-corrected chi connectivity index (χ2v) is 13.1. The minimum absolute atomic E-state index is 0.217. The van der Waals surface area contributed by atoms with E-state index < -0.39 is 0 Å². The number of nitriles is 1. The van der Waals surface area contributed by atoms with Crippen molar-refractivity contribution in [2.45, 2.75) is 44.6 Å². The smallest absolute Gasteiger partial charge is 0.155 e. The number of allylic oxidation sites excluding steroid dienone is 5. The Kier molecular flexibility index (Phi) is 5.43. The van der Waals surface area contributed by atoms with E-state index in [-0.39, 0.29) is 12.0 Å². The standard InChI is InChI=1S/C40H34N3O/c1-25-14-19-32-37(20-25)43(2,40(32)27-9-7-8-26(21-27)24-41)29-17-15-28(16-18-29)42-35-12-5-3-10-30(35)33-23-39-34(22-36(33)42)31-11-4-6-13-38(31)44-39/h3-6,9-13,15-21,23,25,34,40H,7-8,14,22H2,1-2H3/q+1. The van der Waals surface area contributed by atoms with E-state index in [2.05, 4.69) is 128 Å². The van der Waals surface area contributed by atoms with E-state index in [4.69, 9.17) is 4.74 Å². The summed E-state index contributed by atoms with van der Waals surface area (Å²) < 4.78 is 9.55. The van der Waals surface area contributed by atoms with Gasteiger partial charge < -0.3 is 9.30 Å². The van der Waals surface area contributed by atoms with Crippen molar-refractivity contribution in [3.63, 3.8) is 0 Å². The third kappa shape index (κ3) is 3.48. The van der Waals surface area contributed by atoms with Crippen LogP contribution in [0.4, 0.5) is 5.69 Å². The van der Waals surface area contributed by atoms with Crippen molar-refractivity contribution < 1.29 is 4.74 Å². The van der Waals surface area contributed by atoms with Crippen LogP contribution < -0.4 is 9.22 Å². The van der Waals surface area contributed by atoms with Crippen molar-refractivity contribution in [3.05, 3.63) is 142 Å². The third-order valence-corrected chi connectivity index (χ3v) is 10.6. The van der Waals surface area contributed by atoms with Crippen LogP contribution >= 0.6 is 0 Å². The predicted octanol–water partition coefficient (Wildman–Crippen LogP) is 9.04. The zero-order valence-corrected chi connectivity index (χ0v) is 25.1. The van der Waals surface area contributed by atoms with Gasteiger partial charge in [-0.25, -0.2) is 0 Å². The average molecular weight is 573 g/mol. The van der Waals surface area contributed by atoms with Gasteiger partial charge in [0.25, 0.3) is 0 Å². The first-order chi connectivity index (χ1) is 21.5. The molecule has 1 aromatic heterocycles. The number of benzene rings is 3. The minimum Gasteiger partial charge on any atom is -0.461 e. The van der Waals surface area contributed by atoms with E-state index in [0.717, 1.165) is 47.2 Å². The topological polar surface area (TPSA) is 38.0 Å². The summed E-state index contributed by atoms with van der Waals surface area (Å²) in [7, 11) is 2.35. The highest BCUT2D eigenvalue weighted by Gasteiger charge is 2.56. The number of likely N-dealkylation sites (tertiary alicyclic amines) is 1. The lowest BCUT2D eigenvalue weighted by atomic mass is 9.75. The van der Waals surface area contributed by atoms with E-state index in [0.29, 0.717) is 5.92 Å². The lowest BCUT2D eigenvalue weighted by Gasteiger charge is -2.54. The number of likely N-dealkylation sites (N-methyl/N-ethyl adjacent to an activating group) is 1. The van der Waals surface area contributed by atoms with Gasteiger partial charge in [0.2, 0.25) is 0 Å². The van der Waals surface area contributed by atoms with Gasteiger partial charge in [-0.05, 0) is 67.7 Å². The minimum atomic E-state index is 0.217. The number of ether oxygens (including phenoxy) is 1. The number of quaternary nitrogens is 1. The van der Waals surface area contributed by atoms with Gasteiger partial charge in [-0.2, -0.15) is 5.26 Å². The maximum atomic E-state index is 9.69. The molecule has 4 aromatic rings. The normalized spacial score (nSPS) is 26.3.